The normalized spacial score (nSPS) is 11.1. The second kappa shape index (κ2) is 6.62. The highest BCUT2D eigenvalue weighted by Crippen LogP contribution is 2.33. The van der Waals surface area contributed by atoms with Crippen LogP contribution in [0.4, 0.5) is 17.6 Å². The molecular weight excluding hydrogens is 232 g/mol. The number of hydrogen-bond donors (Lipinski definition) is 0. The van der Waals surface area contributed by atoms with E-state index in [1.807, 2.05) is 0 Å². The largest absolute Gasteiger partial charge is 0.419 e. The van der Waals surface area contributed by atoms with E-state index in [1.54, 1.807) is 13.8 Å². The Morgan fingerprint density at radius 1 is 1.12 bits per heavy atom. The van der Waals surface area contributed by atoms with Gasteiger partial charge >= 0.3 is 6.18 Å². The Morgan fingerprint density at radius 3 is 1.94 bits per heavy atom. The molecule has 0 heterocycles. The minimum Gasteiger partial charge on any atom is -0.206 e. The molecule has 0 atom stereocenters. The van der Waals surface area contributed by atoms with Gasteiger partial charge in [-0.1, -0.05) is 40.2 Å². The van der Waals surface area contributed by atoms with Gasteiger partial charge in [0, 0.05) is 0 Å². The molecule has 1 rings (SSSR count). The van der Waals surface area contributed by atoms with Gasteiger partial charge in [-0.25, -0.2) is 4.39 Å². The van der Waals surface area contributed by atoms with Crippen molar-refractivity contribution in [1.82, 2.24) is 0 Å². The average molecular weight is 250 g/mol. The molecule has 1 aromatic rings. The molecule has 0 bridgehead atoms. The van der Waals surface area contributed by atoms with Gasteiger partial charge in [0.25, 0.3) is 0 Å². The molecule has 1 aromatic carbocycles. The predicted molar refractivity (Wildman–Crippen MR) is 61.5 cm³/mol. The van der Waals surface area contributed by atoms with Gasteiger partial charge in [0.15, 0.2) is 0 Å². The van der Waals surface area contributed by atoms with E-state index in [9.17, 15) is 17.6 Å². The van der Waals surface area contributed by atoms with E-state index in [1.165, 1.54) is 12.5 Å². The molecule has 4 heteroatoms. The van der Waals surface area contributed by atoms with Crippen LogP contribution >= 0.6 is 0 Å². The first-order valence-corrected chi connectivity index (χ1v) is 5.60. The first-order chi connectivity index (χ1) is 7.73. The Hall–Kier alpha value is -1.06. The summed E-state index contributed by atoms with van der Waals surface area (Å²) in [6.07, 6.45) is -3.37. The van der Waals surface area contributed by atoms with E-state index in [4.69, 9.17) is 0 Å². The number of alkyl halides is 3. The molecule has 0 N–H and O–H groups in total. The van der Waals surface area contributed by atoms with E-state index in [0.717, 1.165) is 12.1 Å². The van der Waals surface area contributed by atoms with Gasteiger partial charge in [-0.3, -0.25) is 0 Å². The monoisotopic (exact) mass is 250 g/mol. The van der Waals surface area contributed by atoms with Crippen LogP contribution in [-0.4, -0.2) is 0 Å². The van der Waals surface area contributed by atoms with Crippen LogP contribution < -0.4 is 0 Å². The molecule has 0 fully saturated rings. The van der Waals surface area contributed by atoms with Crippen molar-refractivity contribution >= 4 is 0 Å². The lowest BCUT2D eigenvalue weighted by molar-refractivity contribution is -0.140. The maximum Gasteiger partial charge on any atom is 0.419 e. The lowest BCUT2D eigenvalue weighted by atomic mass is 10.0. The van der Waals surface area contributed by atoms with E-state index in [2.05, 4.69) is 13.8 Å². The van der Waals surface area contributed by atoms with Gasteiger partial charge in [0.1, 0.15) is 5.82 Å². The van der Waals surface area contributed by atoms with Crippen molar-refractivity contribution in [2.45, 2.75) is 46.2 Å². The fraction of sp³-hybridized carbons (Fsp3) is 0.538. The van der Waals surface area contributed by atoms with Crippen molar-refractivity contribution in [3.05, 3.63) is 35.1 Å². The predicted octanol–water partition coefficient (Wildman–Crippen LogP) is 5.38. The van der Waals surface area contributed by atoms with Crippen LogP contribution in [0.1, 0.15) is 51.2 Å². The summed E-state index contributed by atoms with van der Waals surface area (Å²) in [7, 11) is 0. The molecule has 0 aromatic heterocycles. The molecule has 0 spiro atoms. The zero-order valence-electron chi connectivity index (χ0n) is 10.5. The van der Waals surface area contributed by atoms with Gasteiger partial charge in [0.05, 0.1) is 5.56 Å². The highest BCUT2D eigenvalue weighted by atomic mass is 19.4. The minimum atomic E-state index is -4.62. The molecule has 17 heavy (non-hydrogen) atoms. The van der Waals surface area contributed by atoms with Crippen LogP contribution in [0.2, 0.25) is 0 Å². The number of benzene rings is 1. The molecular formula is C13H18F4. The number of rotatable bonds is 1. The molecule has 0 amide bonds. The Morgan fingerprint density at radius 2 is 1.59 bits per heavy atom. The zero-order chi connectivity index (χ0) is 13.6. The van der Waals surface area contributed by atoms with E-state index < -0.39 is 17.6 Å². The third-order valence-corrected chi connectivity index (χ3v) is 1.96. The highest BCUT2D eigenvalue weighted by Gasteiger charge is 2.34. The molecule has 0 aliphatic carbocycles. The number of halogens is 4. The summed E-state index contributed by atoms with van der Waals surface area (Å²) in [5.41, 5.74) is -0.706. The van der Waals surface area contributed by atoms with Gasteiger partial charge < -0.3 is 0 Å². The smallest absolute Gasteiger partial charge is 0.206 e. The maximum atomic E-state index is 12.8. The Bertz CT molecular complexity index is 340. The van der Waals surface area contributed by atoms with Crippen molar-refractivity contribution in [1.29, 1.82) is 0 Å². The Balaban J connectivity index is 0.000000770. The Kier molecular flexibility index (Phi) is 6.21. The summed E-state index contributed by atoms with van der Waals surface area (Å²) in [4.78, 5) is 0. The fourth-order valence-electron chi connectivity index (χ4n) is 1.12. The molecule has 0 nitrogen and oxygen atoms in total. The fourth-order valence-corrected chi connectivity index (χ4v) is 1.12. The van der Waals surface area contributed by atoms with Crippen LogP contribution in [0.3, 0.4) is 0 Å². The SMILES string of the molecule is CC(C)c1ccc(F)c(C(F)(F)F)c1.CCC. The quantitative estimate of drug-likeness (QED) is 0.586. The van der Waals surface area contributed by atoms with E-state index >= 15 is 0 Å². The van der Waals surface area contributed by atoms with Crippen LogP contribution in [0.5, 0.6) is 0 Å². The summed E-state index contributed by atoms with van der Waals surface area (Å²) in [5.74, 6) is -1.27. The second-order valence-corrected chi connectivity index (χ2v) is 4.10. The lowest BCUT2D eigenvalue weighted by Gasteiger charge is -2.11. The van der Waals surface area contributed by atoms with Crippen molar-refractivity contribution in [2.75, 3.05) is 0 Å². The van der Waals surface area contributed by atoms with Crippen LogP contribution in [0.25, 0.3) is 0 Å². The summed E-state index contributed by atoms with van der Waals surface area (Å²) < 4.78 is 49.6. The van der Waals surface area contributed by atoms with E-state index in [0.29, 0.717) is 5.56 Å². The molecule has 0 saturated heterocycles. The summed E-state index contributed by atoms with van der Waals surface area (Å²) in [6, 6.07) is 3.09. The topological polar surface area (TPSA) is 0 Å². The minimum absolute atomic E-state index is 0.0447. The van der Waals surface area contributed by atoms with E-state index in [-0.39, 0.29) is 5.92 Å². The third kappa shape index (κ3) is 5.20. The van der Waals surface area contributed by atoms with Crippen LogP contribution in [-0.2, 0) is 6.18 Å². The Labute approximate surface area is 99.7 Å². The van der Waals surface area contributed by atoms with Gasteiger partial charge in [-0.15, -0.1) is 0 Å². The first-order valence-electron chi connectivity index (χ1n) is 5.60. The molecule has 0 unspecified atom stereocenters. The van der Waals surface area contributed by atoms with Crippen molar-refractivity contribution in [3.63, 3.8) is 0 Å². The standard InChI is InChI=1S/C10H10F4.C3H8/c1-6(2)7-3-4-9(11)8(5-7)10(12,13)14;1-3-2/h3-6H,1-2H3;3H2,1-2H3. The average Bonchev–Trinajstić information content (AvgIpc) is 2.17. The van der Waals surface area contributed by atoms with Gasteiger partial charge in [-0.2, -0.15) is 13.2 Å². The maximum absolute atomic E-state index is 12.8. The van der Waals surface area contributed by atoms with Crippen LogP contribution in [0.15, 0.2) is 18.2 Å². The second-order valence-electron chi connectivity index (χ2n) is 4.10. The molecule has 0 saturated carbocycles. The summed E-state index contributed by atoms with van der Waals surface area (Å²) in [6.45, 7) is 7.76. The number of hydrogen-bond acceptors (Lipinski definition) is 0. The molecule has 98 valence electrons. The third-order valence-electron chi connectivity index (χ3n) is 1.96. The lowest BCUT2D eigenvalue weighted by Crippen LogP contribution is -2.09. The summed E-state index contributed by atoms with van der Waals surface area (Å²) in [5, 5.41) is 0. The molecule has 0 radical (unpaired) electrons. The molecule has 0 aliphatic heterocycles. The van der Waals surface area contributed by atoms with Gasteiger partial charge in [0.2, 0.25) is 0 Å². The van der Waals surface area contributed by atoms with Crippen molar-refractivity contribution < 1.29 is 17.6 Å². The van der Waals surface area contributed by atoms with Crippen LogP contribution in [0, 0.1) is 5.82 Å². The first kappa shape index (κ1) is 15.9. The van der Waals surface area contributed by atoms with Crippen molar-refractivity contribution in [2.24, 2.45) is 0 Å². The highest BCUT2D eigenvalue weighted by molar-refractivity contribution is 5.29. The zero-order valence-corrected chi connectivity index (χ0v) is 10.5. The summed E-state index contributed by atoms with van der Waals surface area (Å²) >= 11 is 0. The molecule has 0 aliphatic rings. The van der Waals surface area contributed by atoms with Crippen molar-refractivity contribution in [3.8, 4) is 0 Å². The van der Waals surface area contributed by atoms with Gasteiger partial charge in [-0.05, 0) is 23.6 Å².